The highest BCUT2D eigenvalue weighted by Crippen LogP contribution is 2.52. The number of amides is 2. The van der Waals surface area contributed by atoms with Gasteiger partial charge in [0.15, 0.2) is 5.96 Å². The molecule has 2 aliphatic carbocycles. The quantitative estimate of drug-likeness (QED) is 0.300. The summed E-state index contributed by atoms with van der Waals surface area (Å²) in [5.74, 6) is 0.876. The van der Waals surface area contributed by atoms with E-state index in [4.69, 9.17) is 0 Å². The number of aromatic nitrogens is 2. The zero-order valence-corrected chi connectivity index (χ0v) is 14.1. The van der Waals surface area contributed by atoms with E-state index >= 15 is 0 Å². The zero-order chi connectivity index (χ0) is 17.4. The number of H-pyrrole nitrogens is 1. The molecule has 132 valence electrons. The summed E-state index contributed by atoms with van der Waals surface area (Å²) in [7, 11) is 1.68. The van der Waals surface area contributed by atoms with Crippen LogP contribution in [0.4, 0.5) is 0 Å². The minimum Gasteiger partial charge on any atom is -0.355 e. The van der Waals surface area contributed by atoms with Crippen LogP contribution in [-0.4, -0.2) is 53.0 Å². The number of aromatic amines is 1. The van der Waals surface area contributed by atoms with Crippen LogP contribution in [0.15, 0.2) is 29.4 Å². The van der Waals surface area contributed by atoms with Crippen LogP contribution in [0.3, 0.4) is 0 Å². The molecule has 1 saturated heterocycles. The standard InChI is InChI=1S/C17H22N6O2/c1-18-17(20-9-12-4-5-21-22-12)19-6-7-23-15(24)13-10-2-3-11(8-10)14(13)16(23)25/h2-5,10-11,13-14H,6-9H2,1H3,(H,21,22)(H2,18,19,20). The number of hydrogen-bond acceptors (Lipinski definition) is 4. The molecule has 25 heavy (non-hydrogen) atoms. The van der Waals surface area contributed by atoms with E-state index in [0.29, 0.717) is 25.6 Å². The number of allylic oxidation sites excluding steroid dienone is 2. The first-order valence-electron chi connectivity index (χ1n) is 8.65. The fourth-order valence-corrected chi connectivity index (χ4v) is 4.25. The van der Waals surface area contributed by atoms with Gasteiger partial charge in [0, 0.05) is 26.3 Å². The van der Waals surface area contributed by atoms with Gasteiger partial charge in [0.25, 0.3) is 0 Å². The third kappa shape index (κ3) is 2.71. The normalized spacial score (nSPS) is 30.3. The Morgan fingerprint density at radius 3 is 2.60 bits per heavy atom. The van der Waals surface area contributed by atoms with E-state index < -0.39 is 0 Å². The first-order valence-corrected chi connectivity index (χ1v) is 8.65. The predicted molar refractivity (Wildman–Crippen MR) is 91.2 cm³/mol. The van der Waals surface area contributed by atoms with Crippen LogP contribution in [0.25, 0.3) is 0 Å². The third-order valence-corrected chi connectivity index (χ3v) is 5.42. The van der Waals surface area contributed by atoms with Gasteiger partial charge in [-0.3, -0.25) is 24.6 Å². The molecule has 8 heteroatoms. The first kappa shape index (κ1) is 15.9. The highest BCUT2D eigenvalue weighted by atomic mass is 16.2. The van der Waals surface area contributed by atoms with Gasteiger partial charge in [-0.15, -0.1) is 0 Å². The molecule has 2 fully saturated rings. The van der Waals surface area contributed by atoms with Gasteiger partial charge in [-0.25, -0.2) is 0 Å². The van der Waals surface area contributed by atoms with Crippen molar-refractivity contribution in [3.63, 3.8) is 0 Å². The Hall–Kier alpha value is -2.64. The molecule has 0 aromatic carbocycles. The summed E-state index contributed by atoms with van der Waals surface area (Å²) in [6.45, 7) is 1.41. The largest absolute Gasteiger partial charge is 0.355 e. The number of imide groups is 1. The van der Waals surface area contributed by atoms with Crippen molar-refractivity contribution in [2.24, 2.45) is 28.7 Å². The number of rotatable bonds is 5. The predicted octanol–water partition coefficient (Wildman–Crippen LogP) is -0.118. The van der Waals surface area contributed by atoms with E-state index in [9.17, 15) is 9.59 Å². The van der Waals surface area contributed by atoms with Crippen LogP contribution >= 0.6 is 0 Å². The number of likely N-dealkylation sites (tertiary alicyclic amines) is 1. The van der Waals surface area contributed by atoms with Gasteiger partial charge in [0.1, 0.15) is 0 Å². The van der Waals surface area contributed by atoms with Crippen molar-refractivity contribution in [3.8, 4) is 0 Å². The molecule has 1 aromatic rings. The van der Waals surface area contributed by atoms with Crippen molar-refractivity contribution in [1.29, 1.82) is 0 Å². The van der Waals surface area contributed by atoms with Crippen LogP contribution in [-0.2, 0) is 16.1 Å². The summed E-state index contributed by atoms with van der Waals surface area (Å²) in [6.07, 6.45) is 6.87. The molecule has 8 nitrogen and oxygen atoms in total. The molecule has 0 spiro atoms. The number of carbonyl (C=O) groups excluding carboxylic acids is 2. The van der Waals surface area contributed by atoms with E-state index in [1.165, 1.54) is 4.90 Å². The monoisotopic (exact) mass is 342 g/mol. The minimum absolute atomic E-state index is 0.00550. The Balaban J connectivity index is 1.28. The summed E-state index contributed by atoms with van der Waals surface area (Å²) in [6, 6.07) is 1.88. The first-order chi connectivity index (χ1) is 12.2. The molecule has 4 rings (SSSR count). The lowest BCUT2D eigenvalue weighted by Gasteiger charge is -2.18. The van der Waals surface area contributed by atoms with Gasteiger partial charge in [-0.05, 0) is 24.3 Å². The number of hydrogen-bond donors (Lipinski definition) is 3. The van der Waals surface area contributed by atoms with Crippen LogP contribution in [0, 0.1) is 23.7 Å². The van der Waals surface area contributed by atoms with E-state index in [2.05, 4.69) is 38.0 Å². The van der Waals surface area contributed by atoms with Crippen molar-refractivity contribution >= 4 is 17.8 Å². The van der Waals surface area contributed by atoms with Gasteiger partial charge >= 0.3 is 0 Å². The van der Waals surface area contributed by atoms with Crippen LogP contribution in [0.2, 0.25) is 0 Å². The van der Waals surface area contributed by atoms with Crippen molar-refractivity contribution in [1.82, 2.24) is 25.7 Å². The van der Waals surface area contributed by atoms with E-state index in [1.54, 1.807) is 13.2 Å². The Labute approximate surface area is 145 Å². The Morgan fingerprint density at radius 1 is 1.28 bits per heavy atom. The Bertz CT molecular complexity index is 696. The highest BCUT2D eigenvalue weighted by molar-refractivity contribution is 6.06. The lowest BCUT2D eigenvalue weighted by molar-refractivity contribution is -0.140. The second kappa shape index (κ2) is 6.34. The maximum absolute atomic E-state index is 12.6. The molecule has 1 aromatic heterocycles. The molecule has 3 aliphatic rings. The van der Waals surface area contributed by atoms with Crippen molar-refractivity contribution in [2.45, 2.75) is 13.0 Å². The molecular weight excluding hydrogens is 320 g/mol. The lowest BCUT2D eigenvalue weighted by atomic mass is 9.85. The average Bonchev–Trinajstić information content (AvgIpc) is 3.38. The maximum Gasteiger partial charge on any atom is 0.233 e. The summed E-state index contributed by atoms with van der Waals surface area (Å²) in [5.41, 5.74) is 0.948. The Kier molecular flexibility index (Phi) is 4.03. The molecule has 2 heterocycles. The molecule has 0 radical (unpaired) electrons. The van der Waals surface area contributed by atoms with Crippen LogP contribution < -0.4 is 10.6 Å². The third-order valence-electron chi connectivity index (χ3n) is 5.42. The maximum atomic E-state index is 12.6. The van der Waals surface area contributed by atoms with E-state index in [0.717, 1.165) is 12.1 Å². The van der Waals surface area contributed by atoms with Crippen molar-refractivity contribution < 1.29 is 9.59 Å². The molecule has 1 saturated carbocycles. The summed E-state index contributed by atoms with van der Waals surface area (Å²) in [4.78, 5) is 30.8. The van der Waals surface area contributed by atoms with Gasteiger partial charge < -0.3 is 10.6 Å². The fraction of sp³-hybridized carbons (Fsp3) is 0.529. The van der Waals surface area contributed by atoms with E-state index in [-0.39, 0.29) is 35.5 Å². The number of nitrogens with zero attached hydrogens (tertiary/aromatic N) is 3. The second-order valence-electron chi connectivity index (χ2n) is 6.76. The van der Waals surface area contributed by atoms with Crippen molar-refractivity contribution in [2.75, 3.05) is 20.1 Å². The van der Waals surface area contributed by atoms with Crippen molar-refractivity contribution in [3.05, 3.63) is 30.1 Å². The topological polar surface area (TPSA) is 102 Å². The average molecular weight is 342 g/mol. The second-order valence-corrected chi connectivity index (χ2v) is 6.76. The number of carbonyl (C=O) groups is 2. The minimum atomic E-state index is -0.125. The van der Waals surface area contributed by atoms with Gasteiger partial charge in [0.2, 0.25) is 11.8 Å². The smallest absolute Gasteiger partial charge is 0.233 e. The summed E-state index contributed by atoms with van der Waals surface area (Å²) in [5, 5.41) is 13.1. The number of fused-ring (bicyclic) bond motifs is 5. The molecule has 4 unspecified atom stereocenters. The van der Waals surface area contributed by atoms with E-state index in [1.807, 2.05) is 6.07 Å². The van der Waals surface area contributed by atoms with Crippen LogP contribution in [0.1, 0.15) is 12.1 Å². The number of nitrogens with one attached hydrogen (secondary N) is 3. The van der Waals surface area contributed by atoms with Gasteiger partial charge in [-0.2, -0.15) is 5.10 Å². The molecular formula is C17H22N6O2. The molecule has 1 aliphatic heterocycles. The molecule has 2 amide bonds. The number of aliphatic imine (C=N–C) groups is 1. The SMILES string of the molecule is CN=C(NCCN1C(=O)C2C3C=CC(C3)C2C1=O)NCc1ccn[nH]1. The highest BCUT2D eigenvalue weighted by Gasteiger charge is 2.58. The van der Waals surface area contributed by atoms with Crippen LogP contribution in [0.5, 0.6) is 0 Å². The zero-order valence-electron chi connectivity index (χ0n) is 14.1. The molecule has 2 bridgehead atoms. The Morgan fingerprint density at radius 2 is 2.00 bits per heavy atom. The molecule has 4 atom stereocenters. The lowest BCUT2D eigenvalue weighted by Crippen LogP contribution is -2.43. The number of guanidine groups is 1. The summed E-state index contributed by atoms with van der Waals surface area (Å²) >= 11 is 0. The summed E-state index contributed by atoms with van der Waals surface area (Å²) < 4.78 is 0. The van der Waals surface area contributed by atoms with Gasteiger partial charge in [0.05, 0.1) is 24.1 Å². The fourth-order valence-electron chi connectivity index (χ4n) is 4.25. The molecule has 3 N–H and O–H groups in total. The van der Waals surface area contributed by atoms with Gasteiger partial charge in [-0.1, -0.05) is 12.2 Å².